The van der Waals surface area contributed by atoms with Crippen molar-refractivity contribution in [2.45, 2.75) is 51.7 Å². The molecular weight excluding hydrogens is 280 g/mol. The molecule has 0 saturated carbocycles. The van der Waals surface area contributed by atoms with Crippen LogP contribution in [0.5, 0.6) is 5.75 Å². The van der Waals surface area contributed by atoms with Gasteiger partial charge in [-0.1, -0.05) is 61.8 Å². The summed E-state index contributed by atoms with van der Waals surface area (Å²) >= 11 is 0. The molecule has 0 N–H and O–H groups in total. The monoisotopic (exact) mass is 307 g/mol. The molecule has 0 aromatic heterocycles. The van der Waals surface area contributed by atoms with E-state index in [0.29, 0.717) is 0 Å². The SMILES string of the molecule is C[Si](C)CCCOc1cc([Si](C)C)cc([Si](C)C)c1. The predicted octanol–water partition coefficient (Wildman–Crippen LogP) is 3.13. The van der Waals surface area contributed by atoms with Crippen molar-refractivity contribution in [3.63, 3.8) is 0 Å². The quantitative estimate of drug-likeness (QED) is 0.555. The summed E-state index contributed by atoms with van der Waals surface area (Å²) in [5, 5.41) is 3.03. The van der Waals surface area contributed by atoms with Gasteiger partial charge in [0.2, 0.25) is 0 Å². The maximum Gasteiger partial charge on any atom is 0.119 e. The van der Waals surface area contributed by atoms with Crippen molar-refractivity contribution in [2.24, 2.45) is 0 Å². The molecule has 105 valence electrons. The summed E-state index contributed by atoms with van der Waals surface area (Å²) in [6.45, 7) is 15.0. The molecule has 1 nitrogen and oxygen atoms in total. The molecule has 1 aromatic rings. The summed E-state index contributed by atoms with van der Waals surface area (Å²) in [6.07, 6.45) is 1.20. The highest BCUT2D eigenvalue weighted by atomic mass is 28.3. The maximum atomic E-state index is 5.99. The fourth-order valence-electron chi connectivity index (χ4n) is 1.88. The minimum absolute atomic E-state index is 0.101. The van der Waals surface area contributed by atoms with Gasteiger partial charge in [-0.15, -0.1) is 0 Å². The second kappa shape index (κ2) is 8.07. The molecule has 0 aliphatic rings. The number of rotatable bonds is 7. The summed E-state index contributed by atoms with van der Waals surface area (Å²) < 4.78 is 5.99. The largest absolute Gasteiger partial charge is 0.494 e. The van der Waals surface area contributed by atoms with E-state index < -0.39 is 17.6 Å². The van der Waals surface area contributed by atoms with E-state index in [4.69, 9.17) is 4.74 Å². The lowest BCUT2D eigenvalue weighted by atomic mass is 10.3. The van der Waals surface area contributed by atoms with Crippen LogP contribution in [0.2, 0.25) is 45.3 Å². The van der Waals surface area contributed by atoms with E-state index >= 15 is 0 Å². The van der Waals surface area contributed by atoms with Gasteiger partial charge in [0.15, 0.2) is 0 Å². The Morgan fingerprint density at radius 2 is 1.37 bits per heavy atom. The van der Waals surface area contributed by atoms with Crippen LogP contribution in [0.4, 0.5) is 0 Å². The van der Waals surface area contributed by atoms with Crippen molar-refractivity contribution >= 4 is 36.8 Å². The third-order valence-electron chi connectivity index (χ3n) is 3.15. The molecule has 1 aromatic carbocycles. The Kier molecular flexibility index (Phi) is 7.10. The predicted molar refractivity (Wildman–Crippen MR) is 93.1 cm³/mol. The summed E-state index contributed by atoms with van der Waals surface area (Å²) in [4.78, 5) is 0. The summed E-state index contributed by atoms with van der Waals surface area (Å²) in [5.41, 5.74) is 0. The Hall–Kier alpha value is -0.329. The molecular formula is C15H27OSi3. The molecule has 0 aliphatic heterocycles. The van der Waals surface area contributed by atoms with Crippen molar-refractivity contribution in [1.29, 1.82) is 0 Å². The van der Waals surface area contributed by atoms with Crippen LogP contribution >= 0.6 is 0 Å². The molecule has 3 radical (unpaired) electrons. The third-order valence-corrected chi connectivity index (χ3v) is 7.39. The number of benzene rings is 1. The minimum atomic E-state index is -0.391. The standard InChI is InChI=1S/C15H27OSi3/c1-17(2)9-7-8-16-13-10-14(18(3)4)12-15(11-13)19(5)6/h10-12H,7-9H2,1-6H3. The average molecular weight is 308 g/mol. The molecule has 0 fully saturated rings. The Labute approximate surface area is 124 Å². The summed E-state index contributed by atoms with van der Waals surface area (Å²) in [6, 6.07) is 8.30. The van der Waals surface area contributed by atoms with Crippen LogP contribution in [-0.4, -0.2) is 33.0 Å². The van der Waals surface area contributed by atoms with E-state index in [-0.39, 0.29) is 8.80 Å². The number of hydrogen-bond acceptors (Lipinski definition) is 1. The van der Waals surface area contributed by atoms with Crippen molar-refractivity contribution in [3.8, 4) is 5.75 Å². The van der Waals surface area contributed by atoms with Gasteiger partial charge in [0, 0.05) is 8.80 Å². The maximum absolute atomic E-state index is 5.99. The van der Waals surface area contributed by atoms with Crippen molar-refractivity contribution in [1.82, 2.24) is 0 Å². The topological polar surface area (TPSA) is 9.23 Å². The lowest BCUT2D eigenvalue weighted by Crippen LogP contribution is -2.32. The zero-order valence-corrected chi connectivity index (χ0v) is 16.3. The minimum Gasteiger partial charge on any atom is -0.494 e. The van der Waals surface area contributed by atoms with E-state index in [1.807, 2.05) is 0 Å². The van der Waals surface area contributed by atoms with E-state index in [9.17, 15) is 0 Å². The number of hydrogen-bond donors (Lipinski definition) is 0. The van der Waals surface area contributed by atoms with E-state index in [1.165, 1.54) is 22.8 Å². The van der Waals surface area contributed by atoms with Crippen molar-refractivity contribution in [3.05, 3.63) is 18.2 Å². The van der Waals surface area contributed by atoms with Gasteiger partial charge >= 0.3 is 0 Å². The second-order valence-electron chi connectivity index (χ2n) is 5.91. The van der Waals surface area contributed by atoms with Crippen LogP contribution in [0.3, 0.4) is 0 Å². The summed E-state index contributed by atoms with van der Waals surface area (Å²) in [7, 11) is -0.884. The first kappa shape index (κ1) is 16.7. The molecule has 0 heterocycles. The van der Waals surface area contributed by atoms with Gasteiger partial charge in [0.05, 0.1) is 24.2 Å². The average Bonchev–Trinajstić information content (AvgIpc) is 2.34. The highest BCUT2D eigenvalue weighted by Gasteiger charge is 2.09. The van der Waals surface area contributed by atoms with Crippen molar-refractivity contribution in [2.75, 3.05) is 6.61 Å². The Balaban J connectivity index is 2.71. The van der Waals surface area contributed by atoms with Crippen LogP contribution in [0, 0.1) is 0 Å². The van der Waals surface area contributed by atoms with Gasteiger partial charge < -0.3 is 4.74 Å². The fourth-order valence-corrected chi connectivity index (χ4v) is 4.62. The van der Waals surface area contributed by atoms with Gasteiger partial charge in [-0.25, -0.2) is 0 Å². The molecule has 0 saturated heterocycles. The van der Waals surface area contributed by atoms with Crippen LogP contribution < -0.4 is 15.1 Å². The molecule has 0 atom stereocenters. The van der Waals surface area contributed by atoms with E-state index in [0.717, 1.165) is 12.4 Å². The molecule has 19 heavy (non-hydrogen) atoms. The van der Waals surface area contributed by atoms with Gasteiger partial charge in [0.25, 0.3) is 0 Å². The van der Waals surface area contributed by atoms with Gasteiger partial charge in [0.1, 0.15) is 5.75 Å². The third kappa shape index (κ3) is 6.10. The Morgan fingerprint density at radius 3 is 1.79 bits per heavy atom. The first-order valence-corrected chi connectivity index (χ1v) is 14.8. The zero-order chi connectivity index (χ0) is 14.4. The lowest BCUT2D eigenvalue weighted by molar-refractivity contribution is 0.317. The Bertz CT molecular complexity index is 363. The second-order valence-corrected chi connectivity index (χ2v) is 14.0. The van der Waals surface area contributed by atoms with Crippen LogP contribution in [0.25, 0.3) is 0 Å². The number of ether oxygens (including phenoxy) is 1. The molecule has 1 rings (SSSR count). The van der Waals surface area contributed by atoms with Gasteiger partial charge in [-0.05, 0) is 18.6 Å². The van der Waals surface area contributed by atoms with Crippen LogP contribution in [0.1, 0.15) is 6.42 Å². The molecule has 0 amide bonds. The van der Waals surface area contributed by atoms with E-state index in [1.54, 1.807) is 0 Å². The molecule has 0 aliphatic carbocycles. The molecule has 0 spiro atoms. The highest BCUT2D eigenvalue weighted by Crippen LogP contribution is 2.09. The highest BCUT2D eigenvalue weighted by molar-refractivity contribution is 6.74. The van der Waals surface area contributed by atoms with Crippen LogP contribution in [0.15, 0.2) is 18.2 Å². The first-order chi connectivity index (χ1) is 8.90. The fraction of sp³-hybridized carbons (Fsp3) is 0.600. The van der Waals surface area contributed by atoms with E-state index in [2.05, 4.69) is 57.5 Å². The molecule has 0 unspecified atom stereocenters. The molecule has 4 heteroatoms. The molecule has 0 bridgehead atoms. The first-order valence-electron chi connectivity index (χ1n) is 7.08. The lowest BCUT2D eigenvalue weighted by Gasteiger charge is -2.14. The van der Waals surface area contributed by atoms with Crippen molar-refractivity contribution < 1.29 is 4.74 Å². The van der Waals surface area contributed by atoms with Gasteiger partial charge in [-0.3, -0.25) is 0 Å². The smallest absolute Gasteiger partial charge is 0.119 e. The summed E-state index contributed by atoms with van der Waals surface area (Å²) in [5.74, 6) is 1.10. The van der Waals surface area contributed by atoms with Gasteiger partial charge in [-0.2, -0.15) is 0 Å². The zero-order valence-electron chi connectivity index (χ0n) is 13.3. The Morgan fingerprint density at radius 1 is 0.842 bits per heavy atom. The normalized spacial score (nSPS) is 11.6. The van der Waals surface area contributed by atoms with Crippen LogP contribution in [-0.2, 0) is 0 Å².